The van der Waals surface area contributed by atoms with Gasteiger partial charge in [0.25, 0.3) is 0 Å². The summed E-state index contributed by atoms with van der Waals surface area (Å²) in [6, 6.07) is 2.28. The maximum Gasteiger partial charge on any atom is 0.361 e. The van der Waals surface area contributed by atoms with Crippen LogP contribution in [0, 0.1) is 11.6 Å². The summed E-state index contributed by atoms with van der Waals surface area (Å²) in [4.78, 5) is 11.6. The van der Waals surface area contributed by atoms with Crippen LogP contribution in [0.3, 0.4) is 0 Å². The fourth-order valence-electron chi connectivity index (χ4n) is 1.49. The first-order valence-corrected chi connectivity index (χ1v) is 6.07. The fourth-order valence-corrected chi connectivity index (χ4v) is 1.99. The topological polar surface area (TPSA) is 67.9 Å². The van der Waals surface area contributed by atoms with Gasteiger partial charge in [-0.15, -0.1) is 5.10 Å². The van der Waals surface area contributed by atoms with Crippen molar-refractivity contribution in [1.82, 2.24) is 15.4 Å². The van der Waals surface area contributed by atoms with Gasteiger partial charge in [0.1, 0.15) is 5.69 Å². The van der Waals surface area contributed by atoms with Crippen LogP contribution in [0.25, 0.3) is 11.3 Å². The average Bonchev–Trinajstić information content (AvgIpc) is 2.84. The molecule has 8 heteroatoms. The molecule has 0 aliphatic carbocycles. The number of ether oxygens (including phenoxy) is 1. The summed E-state index contributed by atoms with van der Waals surface area (Å²) < 4.78 is 32.1. The van der Waals surface area contributed by atoms with E-state index in [-0.39, 0.29) is 28.0 Å². The third kappa shape index (κ3) is 2.48. The van der Waals surface area contributed by atoms with E-state index in [9.17, 15) is 13.6 Å². The summed E-state index contributed by atoms with van der Waals surface area (Å²) in [6.45, 7) is 1.76. The molecule has 5 nitrogen and oxygen atoms in total. The van der Waals surface area contributed by atoms with Crippen molar-refractivity contribution in [1.29, 1.82) is 0 Å². The number of benzene rings is 1. The number of aromatic nitrogens is 3. The predicted molar refractivity (Wildman–Crippen MR) is 65.4 cm³/mol. The summed E-state index contributed by atoms with van der Waals surface area (Å²) in [5.41, 5.74) is -0.494. The van der Waals surface area contributed by atoms with Crippen LogP contribution in [0.5, 0.6) is 0 Å². The lowest BCUT2D eigenvalue weighted by Gasteiger charge is -2.05. The molecule has 0 unspecified atom stereocenters. The lowest BCUT2D eigenvalue weighted by molar-refractivity contribution is 0.0520. The highest BCUT2D eigenvalue weighted by atomic mass is 79.9. The number of carbonyl (C=O) groups is 1. The molecule has 2 rings (SSSR count). The Hall–Kier alpha value is -1.83. The van der Waals surface area contributed by atoms with Crippen LogP contribution in [0.1, 0.15) is 17.4 Å². The number of aromatic amines is 1. The highest BCUT2D eigenvalue weighted by molar-refractivity contribution is 9.10. The van der Waals surface area contributed by atoms with Crippen LogP contribution in [0.2, 0.25) is 0 Å². The average molecular weight is 332 g/mol. The largest absolute Gasteiger partial charge is 0.461 e. The maximum atomic E-state index is 13.8. The Morgan fingerprint density at radius 2 is 2.16 bits per heavy atom. The summed E-state index contributed by atoms with van der Waals surface area (Å²) in [7, 11) is 0. The van der Waals surface area contributed by atoms with E-state index in [0.29, 0.717) is 0 Å². The van der Waals surface area contributed by atoms with E-state index in [1.807, 2.05) is 0 Å². The van der Waals surface area contributed by atoms with Crippen LogP contribution >= 0.6 is 15.9 Å². The molecule has 1 aromatic heterocycles. The van der Waals surface area contributed by atoms with Gasteiger partial charge < -0.3 is 4.74 Å². The Kier molecular flexibility index (Phi) is 3.89. The molecular weight excluding hydrogens is 324 g/mol. The first-order valence-electron chi connectivity index (χ1n) is 5.28. The first kappa shape index (κ1) is 13.6. The molecule has 1 N–H and O–H groups in total. The van der Waals surface area contributed by atoms with E-state index >= 15 is 0 Å². The van der Waals surface area contributed by atoms with Gasteiger partial charge in [0, 0.05) is 4.47 Å². The first-order chi connectivity index (χ1) is 9.06. The van der Waals surface area contributed by atoms with Gasteiger partial charge in [0.05, 0.1) is 12.2 Å². The van der Waals surface area contributed by atoms with Gasteiger partial charge in [-0.1, -0.05) is 0 Å². The van der Waals surface area contributed by atoms with Gasteiger partial charge in [0.15, 0.2) is 17.3 Å². The van der Waals surface area contributed by atoms with Crippen molar-refractivity contribution in [3.63, 3.8) is 0 Å². The van der Waals surface area contributed by atoms with Crippen molar-refractivity contribution in [2.45, 2.75) is 6.92 Å². The van der Waals surface area contributed by atoms with Crippen molar-refractivity contribution in [3.8, 4) is 11.3 Å². The Morgan fingerprint density at radius 3 is 2.84 bits per heavy atom. The zero-order valence-electron chi connectivity index (χ0n) is 9.71. The highest BCUT2D eigenvalue weighted by Crippen LogP contribution is 2.32. The monoisotopic (exact) mass is 331 g/mol. The van der Waals surface area contributed by atoms with Crippen LogP contribution in [-0.2, 0) is 4.74 Å². The molecule has 0 saturated carbocycles. The molecule has 0 radical (unpaired) electrons. The standard InChI is InChI=1S/C11H8BrF2N3O2/c1-2-19-11(18)10-9(15-17-16-10)7-5(12)3-4-6(13)8(7)14/h3-4H,2H2,1H3,(H,15,16,17). The molecule has 0 aliphatic rings. The van der Waals surface area contributed by atoms with E-state index in [1.165, 1.54) is 6.07 Å². The van der Waals surface area contributed by atoms with Crippen LogP contribution in [-0.4, -0.2) is 28.0 Å². The van der Waals surface area contributed by atoms with Crippen LogP contribution in [0.4, 0.5) is 8.78 Å². The van der Waals surface area contributed by atoms with E-state index in [1.54, 1.807) is 6.92 Å². The molecule has 0 saturated heterocycles. The number of carbonyl (C=O) groups excluding carboxylic acids is 1. The minimum Gasteiger partial charge on any atom is -0.461 e. The van der Waals surface area contributed by atoms with E-state index in [2.05, 4.69) is 31.3 Å². The SMILES string of the molecule is CCOC(=O)c1n[nH]nc1-c1c(Br)ccc(F)c1F. The summed E-state index contributed by atoms with van der Waals surface area (Å²) >= 11 is 3.08. The number of hydrogen-bond donors (Lipinski definition) is 1. The number of hydrogen-bond acceptors (Lipinski definition) is 4. The fraction of sp³-hybridized carbons (Fsp3) is 0.182. The second-order valence-corrected chi connectivity index (χ2v) is 4.31. The van der Waals surface area contributed by atoms with E-state index in [4.69, 9.17) is 4.74 Å². The predicted octanol–water partition coefficient (Wildman–Crippen LogP) is 2.69. The lowest BCUT2D eigenvalue weighted by Crippen LogP contribution is -2.07. The molecule has 1 aromatic carbocycles. The van der Waals surface area contributed by atoms with Crippen molar-refractivity contribution in [3.05, 3.63) is 33.9 Å². The molecule has 0 spiro atoms. The number of nitrogens with zero attached hydrogens (tertiary/aromatic N) is 2. The van der Waals surface area contributed by atoms with Gasteiger partial charge in [-0.2, -0.15) is 10.3 Å². The van der Waals surface area contributed by atoms with Gasteiger partial charge in [-0.3, -0.25) is 0 Å². The van der Waals surface area contributed by atoms with E-state index in [0.717, 1.165) is 6.07 Å². The van der Waals surface area contributed by atoms with E-state index < -0.39 is 17.6 Å². The Labute approximate surface area is 115 Å². The number of H-pyrrole nitrogens is 1. The number of rotatable bonds is 3. The second kappa shape index (κ2) is 5.43. The second-order valence-electron chi connectivity index (χ2n) is 3.46. The molecule has 0 aliphatic heterocycles. The van der Waals surface area contributed by atoms with Crippen LogP contribution < -0.4 is 0 Å². The Morgan fingerprint density at radius 1 is 1.42 bits per heavy atom. The number of halogens is 3. The molecule has 0 atom stereocenters. The zero-order valence-corrected chi connectivity index (χ0v) is 11.3. The van der Waals surface area contributed by atoms with Crippen molar-refractivity contribution in [2.24, 2.45) is 0 Å². The Bertz CT molecular complexity index is 630. The lowest BCUT2D eigenvalue weighted by atomic mass is 10.1. The number of nitrogens with one attached hydrogen (secondary N) is 1. The third-order valence-corrected chi connectivity index (χ3v) is 2.96. The molecule has 100 valence electrons. The molecule has 0 fully saturated rings. The smallest absolute Gasteiger partial charge is 0.361 e. The van der Waals surface area contributed by atoms with Crippen molar-refractivity contribution < 1.29 is 18.3 Å². The molecule has 0 bridgehead atoms. The quantitative estimate of drug-likeness (QED) is 0.693. The number of esters is 1. The molecule has 2 aromatic rings. The van der Waals surface area contributed by atoms with Crippen molar-refractivity contribution >= 4 is 21.9 Å². The zero-order chi connectivity index (χ0) is 14.0. The molecule has 19 heavy (non-hydrogen) atoms. The van der Waals surface area contributed by atoms with Gasteiger partial charge in [0.2, 0.25) is 0 Å². The van der Waals surface area contributed by atoms with Gasteiger partial charge in [-0.05, 0) is 35.0 Å². The molecule has 0 amide bonds. The van der Waals surface area contributed by atoms with Crippen LogP contribution in [0.15, 0.2) is 16.6 Å². The summed E-state index contributed by atoms with van der Waals surface area (Å²) in [6.07, 6.45) is 0. The Balaban J connectivity index is 2.58. The van der Waals surface area contributed by atoms with Gasteiger partial charge in [-0.25, -0.2) is 13.6 Å². The summed E-state index contributed by atoms with van der Waals surface area (Å²) in [5.74, 6) is -2.92. The minimum atomic E-state index is -1.12. The maximum absolute atomic E-state index is 13.8. The third-order valence-electron chi connectivity index (χ3n) is 2.30. The van der Waals surface area contributed by atoms with Gasteiger partial charge >= 0.3 is 5.97 Å². The summed E-state index contributed by atoms with van der Waals surface area (Å²) in [5, 5.41) is 9.48. The highest BCUT2D eigenvalue weighted by Gasteiger charge is 2.24. The van der Waals surface area contributed by atoms with Crippen molar-refractivity contribution in [2.75, 3.05) is 6.61 Å². The minimum absolute atomic E-state index is 0.109. The molecule has 1 heterocycles. The molecular formula is C11H8BrF2N3O2. The normalized spacial score (nSPS) is 10.5.